The Labute approximate surface area is 131 Å². The second-order valence-corrected chi connectivity index (χ2v) is 6.32. The Hall–Kier alpha value is -0.910. The zero-order valence-corrected chi connectivity index (χ0v) is 14.0. The minimum absolute atomic E-state index is 0.164. The van der Waals surface area contributed by atoms with Crippen LogP contribution in [0.15, 0.2) is 0 Å². The van der Waals surface area contributed by atoms with Crippen molar-refractivity contribution in [2.75, 3.05) is 26.3 Å². The minimum Gasteiger partial charge on any atom is -0.379 e. The summed E-state index contributed by atoms with van der Waals surface area (Å²) < 4.78 is 7.09. The highest BCUT2D eigenvalue weighted by Gasteiger charge is 2.36. The SMILES string of the molecule is CCc1nn(C)c(CC(=O)C(C)(C)N2CCOCC2)c1Cl. The van der Waals surface area contributed by atoms with Gasteiger partial charge in [0.2, 0.25) is 0 Å². The molecule has 1 aromatic rings. The third-order valence-corrected chi connectivity index (χ3v) is 4.75. The van der Waals surface area contributed by atoms with Crippen LogP contribution in [0.5, 0.6) is 0 Å². The number of rotatable bonds is 5. The molecular formula is C15H24ClN3O2. The van der Waals surface area contributed by atoms with Gasteiger partial charge >= 0.3 is 0 Å². The van der Waals surface area contributed by atoms with E-state index >= 15 is 0 Å². The number of aromatic nitrogens is 2. The number of halogens is 1. The Bertz CT molecular complexity index is 519. The van der Waals surface area contributed by atoms with Crippen molar-refractivity contribution in [1.29, 1.82) is 0 Å². The van der Waals surface area contributed by atoms with Gasteiger partial charge in [-0.05, 0) is 20.3 Å². The number of aryl methyl sites for hydroxylation is 2. The first-order valence-electron chi connectivity index (χ1n) is 7.44. The van der Waals surface area contributed by atoms with E-state index in [4.69, 9.17) is 16.3 Å². The maximum atomic E-state index is 12.8. The first kappa shape index (κ1) is 16.5. The number of Topliss-reactive ketones (excluding diaryl/α,β-unsaturated/α-hetero) is 1. The molecule has 1 aliphatic rings. The Morgan fingerprint density at radius 2 is 2.00 bits per heavy atom. The van der Waals surface area contributed by atoms with E-state index in [0.29, 0.717) is 24.7 Å². The Morgan fingerprint density at radius 1 is 1.38 bits per heavy atom. The van der Waals surface area contributed by atoms with Crippen molar-refractivity contribution < 1.29 is 9.53 Å². The van der Waals surface area contributed by atoms with E-state index in [9.17, 15) is 4.79 Å². The van der Waals surface area contributed by atoms with Gasteiger partial charge in [-0.15, -0.1) is 0 Å². The lowest BCUT2D eigenvalue weighted by molar-refractivity contribution is -0.131. The van der Waals surface area contributed by atoms with Crippen LogP contribution >= 0.6 is 11.6 Å². The molecule has 0 N–H and O–H groups in total. The zero-order chi connectivity index (χ0) is 15.6. The fourth-order valence-corrected chi connectivity index (χ4v) is 3.04. The summed E-state index contributed by atoms with van der Waals surface area (Å²) in [4.78, 5) is 14.9. The van der Waals surface area contributed by atoms with E-state index in [1.54, 1.807) is 4.68 Å². The molecule has 0 spiro atoms. The second kappa shape index (κ2) is 6.46. The highest BCUT2D eigenvalue weighted by molar-refractivity contribution is 6.32. The van der Waals surface area contributed by atoms with E-state index in [-0.39, 0.29) is 5.78 Å². The minimum atomic E-state index is -0.510. The lowest BCUT2D eigenvalue weighted by Gasteiger charge is -2.39. The molecule has 0 aliphatic carbocycles. The average molecular weight is 314 g/mol. The second-order valence-electron chi connectivity index (χ2n) is 5.94. The number of carbonyl (C=O) groups is 1. The van der Waals surface area contributed by atoms with Crippen LogP contribution in [0.4, 0.5) is 0 Å². The van der Waals surface area contributed by atoms with Crippen molar-refractivity contribution in [3.05, 3.63) is 16.4 Å². The van der Waals surface area contributed by atoms with Gasteiger partial charge in [0.1, 0.15) is 0 Å². The number of nitrogens with zero attached hydrogens (tertiary/aromatic N) is 3. The molecule has 1 fully saturated rings. The standard InChI is InChI=1S/C15H24ClN3O2/c1-5-11-14(16)12(18(4)17-11)10-13(20)15(2,3)19-6-8-21-9-7-19/h5-10H2,1-4H3. The van der Waals surface area contributed by atoms with E-state index in [1.165, 1.54) is 0 Å². The molecule has 118 valence electrons. The van der Waals surface area contributed by atoms with Crippen LogP contribution < -0.4 is 0 Å². The number of hydrogen-bond acceptors (Lipinski definition) is 4. The molecule has 6 heteroatoms. The van der Waals surface area contributed by atoms with E-state index in [1.807, 2.05) is 27.8 Å². The molecule has 0 saturated carbocycles. The number of ether oxygens (including phenoxy) is 1. The summed E-state index contributed by atoms with van der Waals surface area (Å²) >= 11 is 6.34. The molecule has 0 bridgehead atoms. The summed E-state index contributed by atoms with van der Waals surface area (Å²) in [7, 11) is 1.84. The Balaban J connectivity index is 2.15. The molecule has 2 rings (SSSR count). The molecule has 0 aromatic carbocycles. The van der Waals surface area contributed by atoms with Crippen molar-refractivity contribution in [1.82, 2.24) is 14.7 Å². The molecule has 1 aliphatic heterocycles. The molecule has 0 unspecified atom stereocenters. The van der Waals surface area contributed by atoms with Gasteiger partial charge < -0.3 is 4.74 Å². The highest BCUT2D eigenvalue weighted by Crippen LogP contribution is 2.25. The molecule has 0 amide bonds. The van der Waals surface area contributed by atoms with Crippen LogP contribution in [0, 0.1) is 0 Å². The third-order valence-electron chi connectivity index (χ3n) is 4.31. The van der Waals surface area contributed by atoms with Gasteiger partial charge in [-0.3, -0.25) is 14.4 Å². The van der Waals surface area contributed by atoms with Crippen LogP contribution in [0.1, 0.15) is 32.2 Å². The topological polar surface area (TPSA) is 47.4 Å². The van der Waals surface area contributed by atoms with Gasteiger partial charge in [-0.2, -0.15) is 5.10 Å². The predicted octanol–water partition coefficient (Wildman–Crippen LogP) is 1.86. The number of carbonyl (C=O) groups excluding carboxylic acids is 1. The summed E-state index contributed by atoms with van der Waals surface area (Å²) in [5.74, 6) is 0.164. The monoisotopic (exact) mass is 313 g/mol. The average Bonchev–Trinajstić information content (AvgIpc) is 2.75. The predicted molar refractivity (Wildman–Crippen MR) is 82.8 cm³/mol. The van der Waals surface area contributed by atoms with E-state index in [2.05, 4.69) is 10.00 Å². The molecule has 0 radical (unpaired) electrons. The van der Waals surface area contributed by atoms with Crippen LogP contribution in [0.2, 0.25) is 5.02 Å². The lowest BCUT2D eigenvalue weighted by Crippen LogP contribution is -2.55. The van der Waals surface area contributed by atoms with Crippen molar-refractivity contribution >= 4 is 17.4 Å². The normalized spacial score (nSPS) is 17.2. The summed E-state index contributed by atoms with van der Waals surface area (Å²) in [5.41, 5.74) is 1.15. The molecule has 0 atom stereocenters. The lowest BCUT2D eigenvalue weighted by atomic mass is 9.92. The highest BCUT2D eigenvalue weighted by atomic mass is 35.5. The summed E-state index contributed by atoms with van der Waals surface area (Å²) in [6.07, 6.45) is 1.08. The van der Waals surface area contributed by atoms with Crippen molar-refractivity contribution in [3.63, 3.8) is 0 Å². The largest absolute Gasteiger partial charge is 0.379 e. The molecule has 2 heterocycles. The van der Waals surface area contributed by atoms with E-state index < -0.39 is 5.54 Å². The van der Waals surface area contributed by atoms with Gasteiger partial charge in [-0.1, -0.05) is 18.5 Å². The zero-order valence-electron chi connectivity index (χ0n) is 13.3. The van der Waals surface area contributed by atoms with Gasteiger partial charge in [0.25, 0.3) is 0 Å². The first-order chi connectivity index (χ1) is 9.87. The number of morpholine rings is 1. The fourth-order valence-electron chi connectivity index (χ4n) is 2.68. The summed E-state index contributed by atoms with van der Waals surface area (Å²) in [5, 5.41) is 5.01. The maximum Gasteiger partial charge on any atom is 0.158 e. The molecule has 1 saturated heterocycles. The quantitative estimate of drug-likeness (QED) is 0.832. The Morgan fingerprint density at radius 3 is 2.52 bits per heavy atom. The summed E-state index contributed by atoms with van der Waals surface area (Å²) in [6.45, 7) is 8.91. The van der Waals surface area contributed by atoms with Crippen LogP contribution in [0.25, 0.3) is 0 Å². The molecule has 5 nitrogen and oxygen atoms in total. The maximum absolute atomic E-state index is 12.8. The Kier molecular flexibility index (Phi) is 5.07. The van der Waals surface area contributed by atoms with Gasteiger partial charge in [-0.25, -0.2) is 0 Å². The fraction of sp³-hybridized carbons (Fsp3) is 0.733. The van der Waals surface area contributed by atoms with Crippen LogP contribution in [-0.4, -0.2) is 52.3 Å². The molecule has 1 aromatic heterocycles. The van der Waals surface area contributed by atoms with Crippen LogP contribution in [0.3, 0.4) is 0 Å². The summed E-state index contributed by atoms with van der Waals surface area (Å²) in [6, 6.07) is 0. The van der Waals surface area contributed by atoms with Gasteiger partial charge in [0.15, 0.2) is 5.78 Å². The smallest absolute Gasteiger partial charge is 0.158 e. The van der Waals surface area contributed by atoms with Gasteiger partial charge in [0.05, 0.1) is 41.6 Å². The van der Waals surface area contributed by atoms with Crippen molar-refractivity contribution in [3.8, 4) is 0 Å². The van der Waals surface area contributed by atoms with Crippen LogP contribution in [-0.2, 0) is 29.4 Å². The van der Waals surface area contributed by atoms with Crippen molar-refractivity contribution in [2.24, 2.45) is 7.05 Å². The first-order valence-corrected chi connectivity index (χ1v) is 7.82. The molecular weight excluding hydrogens is 290 g/mol. The van der Waals surface area contributed by atoms with Crippen molar-refractivity contribution in [2.45, 2.75) is 39.2 Å². The van der Waals surface area contributed by atoms with E-state index in [0.717, 1.165) is 30.9 Å². The van der Waals surface area contributed by atoms with Gasteiger partial charge in [0, 0.05) is 20.1 Å². The number of ketones is 1. The molecule has 21 heavy (non-hydrogen) atoms. The third kappa shape index (κ3) is 3.30. The number of hydrogen-bond donors (Lipinski definition) is 0.